The average Bonchev–Trinajstić information content (AvgIpc) is 2.00. The van der Waals surface area contributed by atoms with Crippen molar-refractivity contribution in [3.05, 3.63) is 0 Å². The van der Waals surface area contributed by atoms with E-state index >= 15 is 0 Å². The van der Waals surface area contributed by atoms with E-state index in [1.165, 1.54) is 0 Å². The first-order valence-corrected chi connectivity index (χ1v) is 5.40. The van der Waals surface area contributed by atoms with Crippen molar-refractivity contribution in [2.75, 3.05) is 19.8 Å². The highest BCUT2D eigenvalue weighted by Gasteiger charge is 2.09. The molecule has 0 aliphatic carbocycles. The SMILES string of the molecule is CC(C)CCOCCNOC(C)(C)C. The average molecular weight is 203 g/mol. The molecule has 0 radical (unpaired) electrons. The quantitative estimate of drug-likeness (QED) is 0.509. The minimum atomic E-state index is -0.127. The Bertz CT molecular complexity index is 130. The molecule has 0 saturated heterocycles. The van der Waals surface area contributed by atoms with Gasteiger partial charge in [0, 0.05) is 13.2 Å². The van der Waals surface area contributed by atoms with Gasteiger partial charge in [-0.3, -0.25) is 4.84 Å². The Balaban J connectivity index is 3.07. The lowest BCUT2D eigenvalue weighted by Gasteiger charge is -2.19. The summed E-state index contributed by atoms with van der Waals surface area (Å²) >= 11 is 0. The number of hydroxylamine groups is 1. The second-order valence-electron chi connectivity index (χ2n) is 4.90. The van der Waals surface area contributed by atoms with Gasteiger partial charge in [0.05, 0.1) is 12.2 Å². The van der Waals surface area contributed by atoms with E-state index in [9.17, 15) is 0 Å². The monoisotopic (exact) mass is 203 g/mol. The van der Waals surface area contributed by atoms with Gasteiger partial charge in [-0.2, -0.15) is 5.48 Å². The van der Waals surface area contributed by atoms with Gasteiger partial charge in [0.15, 0.2) is 0 Å². The summed E-state index contributed by atoms with van der Waals surface area (Å²) in [6.45, 7) is 12.7. The Morgan fingerprint density at radius 2 is 1.79 bits per heavy atom. The molecular weight excluding hydrogens is 178 g/mol. The molecule has 0 bridgehead atoms. The highest BCUT2D eigenvalue weighted by atomic mass is 16.7. The lowest BCUT2D eigenvalue weighted by atomic mass is 10.1. The van der Waals surface area contributed by atoms with E-state index < -0.39 is 0 Å². The van der Waals surface area contributed by atoms with Crippen LogP contribution in [0.1, 0.15) is 41.0 Å². The van der Waals surface area contributed by atoms with E-state index in [4.69, 9.17) is 9.57 Å². The summed E-state index contributed by atoms with van der Waals surface area (Å²) in [5, 5.41) is 0. The van der Waals surface area contributed by atoms with Crippen LogP contribution in [0.4, 0.5) is 0 Å². The van der Waals surface area contributed by atoms with Gasteiger partial charge in [-0.1, -0.05) is 13.8 Å². The van der Waals surface area contributed by atoms with Crippen molar-refractivity contribution in [3.63, 3.8) is 0 Å². The summed E-state index contributed by atoms with van der Waals surface area (Å²) in [7, 11) is 0. The molecule has 0 aromatic carbocycles. The zero-order chi connectivity index (χ0) is 11.0. The Kier molecular flexibility index (Phi) is 7.15. The van der Waals surface area contributed by atoms with Gasteiger partial charge in [-0.15, -0.1) is 0 Å². The zero-order valence-corrected chi connectivity index (χ0v) is 10.2. The van der Waals surface area contributed by atoms with Gasteiger partial charge in [0.1, 0.15) is 0 Å². The van der Waals surface area contributed by atoms with Crippen LogP contribution >= 0.6 is 0 Å². The predicted octanol–water partition coefficient (Wildman–Crippen LogP) is 2.37. The van der Waals surface area contributed by atoms with E-state index in [1.807, 2.05) is 20.8 Å². The molecule has 0 heterocycles. The molecule has 0 aliphatic rings. The summed E-state index contributed by atoms with van der Waals surface area (Å²) in [6.07, 6.45) is 1.13. The first kappa shape index (κ1) is 13.9. The summed E-state index contributed by atoms with van der Waals surface area (Å²) in [4.78, 5) is 5.33. The molecule has 0 spiro atoms. The van der Waals surface area contributed by atoms with Gasteiger partial charge in [-0.25, -0.2) is 0 Å². The van der Waals surface area contributed by atoms with E-state index in [0.29, 0.717) is 12.5 Å². The Hall–Kier alpha value is -0.120. The molecule has 3 heteroatoms. The number of nitrogens with one attached hydrogen (secondary N) is 1. The van der Waals surface area contributed by atoms with Gasteiger partial charge in [0.25, 0.3) is 0 Å². The second kappa shape index (κ2) is 7.21. The van der Waals surface area contributed by atoms with Crippen molar-refractivity contribution >= 4 is 0 Å². The second-order valence-corrected chi connectivity index (χ2v) is 4.90. The van der Waals surface area contributed by atoms with E-state index in [-0.39, 0.29) is 5.60 Å². The summed E-state index contributed by atoms with van der Waals surface area (Å²) in [5.41, 5.74) is 2.76. The van der Waals surface area contributed by atoms with Gasteiger partial charge in [0.2, 0.25) is 0 Å². The third-order valence-electron chi connectivity index (χ3n) is 1.57. The Morgan fingerprint density at radius 3 is 2.29 bits per heavy atom. The molecule has 0 unspecified atom stereocenters. The van der Waals surface area contributed by atoms with Crippen LogP contribution in [0.3, 0.4) is 0 Å². The zero-order valence-electron chi connectivity index (χ0n) is 10.2. The van der Waals surface area contributed by atoms with Crippen molar-refractivity contribution < 1.29 is 9.57 Å². The Labute approximate surface area is 88.1 Å². The predicted molar refractivity (Wildman–Crippen MR) is 59.1 cm³/mol. The molecule has 0 fully saturated rings. The molecule has 14 heavy (non-hydrogen) atoms. The minimum Gasteiger partial charge on any atom is -0.380 e. The number of hydrogen-bond donors (Lipinski definition) is 1. The number of ether oxygens (including phenoxy) is 1. The molecule has 0 aliphatic heterocycles. The number of hydrogen-bond acceptors (Lipinski definition) is 3. The van der Waals surface area contributed by atoms with Crippen LogP contribution in [0.15, 0.2) is 0 Å². The molecule has 0 saturated carbocycles. The van der Waals surface area contributed by atoms with Crippen LogP contribution in [-0.4, -0.2) is 25.4 Å². The van der Waals surface area contributed by atoms with E-state index in [0.717, 1.165) is 19.6 Å². The highest BCUT2D eigenvalue weighted by Crippen LogP contribution is 2.03. The molecule has 3 nitrogen and oxygen atoms in total. The van der Waals surface area contributed by atoms with Crippen LogP contribution in [0.25, 0.3) is 0 Å². The smallest absolute Gasteiger partial charge is 0.0812 e. The first-order chi connectivity index (χ1) is 6.42. The Morgan fingerprint density at radius 1 is 1.14 bits per heavy atom. The van der Waals surface area contributed by atoms with Crippen molar-refractivity contribution in [1.29, 1.82) is 0 Å². The molecule has 0 atom stereocenters. The fourth-order valence-electron chi connectivity index (χ4n) is 0.802. The fraction of sp³-hybridized carbons (Fsp3) is 1.00. The first-order valence-electron chi connectivity index (χ1n) is 5.40. The van der Waals surface area contributed by atoms with Crippen LogP contribution in [0.5, 0.6) is 0 Å². The highest BCUT2D eigenvalue weighted by molar-refractivity contribution is 4.56. The number of rotatable bonds is 7. The molecular formula is C11H25NO2. The van der Waals surface area contributed by atoms with Crippen molar-refractivity contribution in [2.45, 2.75) is 46.6 Å². The normalized spacial score (nSPS) is 12.4. The standard InChI is InChI=1S/C11H25NO2/c1-10(2)6-8-13-9-7-12-14-11(3,4)5/h10,12H,6-9H2,1-5H3. The fourth-order valence-corrected chi connectivity index (χ4v) is 0.802. The molecule has 0 aromatic heterocycles. The molecule has 0 amide bonds. The topological polar surface area (TPSA) is 30.5 Å². The molecule has 1 N–H and O–H groups in total. The maximum atomic E-state index is 5.42. The largest absolute Gasteiger partial charge is 0.380 e. The van der Waals surface area contributed by atoms with Gasteiger partial charge < -0.3 is 4.74 Å². The summed E-state index contributed by atoms with van der Waals surface area (Å²) in [6, 6.07) is 0. The van der Waals surface area contributed by atoms with Crippen LogP contribution in [0.2, 0.25) is 0 Å². The maximum absolute atomic E-state index is 5.42. The third-order valence-corrected chi connectivity index (χ3v) is 1.57. The van der Waals surface area contributed by atoms with E-state index in [1.54, 1.807) is 0 Å². The third kappa shape index (κ3) is 11.9. The lowest BCUT2D eigenvalue weighted by Crippen LogP contribution is -2.31. The van der Waals surface area contributed by atoms with E-state index in [2.05, 4.69) is 19.3 Å². The van der Waals surface area contributed by atoms with Gasteiger partial charge >= 0.3 is 0 Å². The maximum Gasteiger partial charge on any atom is 0.0812 e. The van der Waals surface area contributed by atoms with Crippen LogP contribution in [-0.2, 0) is 9.57 Å². The summed E-state index contributed by atoms with van der Waals surface area (Å²) < 4.78 is 5.42. The van der Waals surface area contributed by atoms with Crippen molar-refractivity contribution in [1.82, 2.24) is 5.48 Å². The lowest BCUT2D eigenvalue weighted by molar-refractivity contribution is -0.0789. The van der Waals surface area contributed by atoms with Crippen LogP contribution < -0.4 is 5.48 Å². The van der Waals surface area contributed by atoms with Gasteiger partial charge in [-0.05, 0) is 33.1 Å². The minimum absolute atomic E-state index is 0.127. The summed E-state index contributed by atoms with van der Waals surface area (Å²) in [5.74, 6) is 0.716. The molecule has 0 aromatic rings. The van der Waals surface area contributed by atoms with Crippen LogP contribution in [0, 0.1) is 5.92 Å². The molecule has 86 valence electrons. The van der Waals surface area contributed by atoms with Crippen molar-refractivity contribution in [3.8, 4) is 0 Å². The molecule has 0 rings (SSSR count). The van der Waals surface area contributed by atoms with Crippen molar-refractivity contribution in [2.24, 2.45) is 5.92 Å².